The number of hydrogen-bond donors (Lipinski definition) is 1. The van der Waals surface area contributed by atoms with Crippen molar-refractivity contribution in [3.05, 3.63) is 51.4 Å². The van der Waals surface area contributed by atoms with E-state index in [1.807, 2.05) is 0 Å². The molecule has 2 aromatic rings. The van der Waals surface area contributed by atoms with E-state index in [9.17, 15) is 14.4 Å². The SMILES string of the molecule is COC(=O)c1c(N)sc2c1CC(CN1C(=O)c3ccccc3C1=O)OC2. The summed E-state index contributed by atoms with van der Waals surface area (Å²) in [6.07, 6.45) is -0.0111. The number of rotatable bonds is 3. The third-order valence-corrected chi connectivity index (χ3v) is 5.69. The van der Waals surface area contributed by atoms with Gasteiger partial charge in [-0.2, -0.15) is 0 Å². The van der Waals surface area contributed by atoms with Gasteiger partial charge in [0.25, 0.3) is 11.8 Å². The van der Waals surface area contributed by atoms with E-state index in [2.05, 4.69) is 0 Å². The number of imide groups is 1. The van der Waals surface area contributed by atoms with Gasteiger partial charge in [-0.3, -0.25) is 14.5 Å². The van der Waals surface area contributed by atoms with Crippen LogP contribution < -0.4 is 5.73 Å². The van der Waals surface area contributed by atoms with Crippen LogP contribution >= 0.6 is 11.3 Å². The second-order valence-electron chi connectivity index (χ2n) is 6.14. The van der Waals surface area contributed by atoms with Crippen LogP contribution in [0, 0.1) is 0 Å². The van der Waals surface area contributed by atoms with Crippen molar-refractivity contribution in [2.45, 2.75) is 19.1 Å². The number of nitrogens with two attached hydrogens (primary N) is 1. The number of carbonyl (C=O) groups is 3. The van der Waals surface area contributed by atoms with E-state index >= 15 is 0 Å². The fourth-order valence-electron chi connectivity index (χ4n) is 3.40. The number of thiophene rings is 1. The third kappa shape index (κ3) is 2.49. The number of fused-ring (bicyclic) bond motifs is 2. The molecule has 0 saturated carbocycles. The van der Waals surface area contributed by atoms with E-state index in [1.54, 1.807) is 24.3 Å². The largest absolute Gasteiger partial charge is 0.465 e. The maximum atomic E-state index is 12.5. The van der Waals surface area contributed by atoms with E-state index in [-0.39, 0.29) is 25.0 Å². The van der Waals surface area contributed by atoms with E-state index in [4.69, 9.17) is 15.2 Å². The highest BCUT2D eigenvalue weighted by Gasteiger charge is 2.38. The zero-order valence-electron chi connectivity index (χ0n) is 14.0. The average molecular weight is 372 g/mol. The molecule has 4 rings (SSSR count). The second-order valence-corrected chi connectivity index (χ2v) is 7.28. The number of methoxy groups -OCH3 is 1. The summed E-state index contributed by atoms with van der Waals surface area (Å²) in [5.74, 6) is -1.13. The fraction of sp³-hybridized carbons (Fsp3) is 0.278. The monoisotopic (exact) mass is 372 g/mol. The molecule has 0 aliphatic carbocycles. The highest BCUT2D eigenvalue weighted by molar-refractivity contribution is 7.16. The summed E-state index contributed by atoms with van der Waals surface area (Å²) in [7, 11) is 1.31. The van der Waals surface area contributed by atoms with Gasteiger partial charge in [0.05, 0.1) is 43.1 Å². The smallest absolute Gasteiger partial charge is 0.341 e. The fourth-order valence-corrected chi connectivity index (χ4v) is 4.41. The molecular formula is C18H16N2O5S. The number of nitrogen functional groups attached to an aromatic ring is 1. The molecule has 2 N–H and O–H groups in total. The Morgan fingerprint density at radius 1 is 1.31 bits per heavy atom. The van der Waals surface area contributed by atoms with Crippen molar-refractivity contribution in [3.63, 3.8) is 0 Å². The van der Waals surface area contributed by atoms with Crippen LogP contribution in [0.1, 0.15) is 41.5 Å². The van der Waals surface area contributed by atoms with Gasteiger partial charge >= 0.3 is 5.97 Å². The van der Waals surface area contributed by atoms with Crippen molar-refractivity contribution in [1.82, 2.24) is 4.90 Å². The van der Waals surface area contributed by atoms with Crippen LogP contribution in [0.25, 0.3) is 0 Å². The number of anilines is 1. The molecule has 1 aromatic heterocycles. The Morgan fingerprint density at radius 2 is 1.96 bits per heavy atom. The van der Waals surface area contributed by atoms with E-state index in [1.165, 1.54) is 23.3 Å². The number of amides is 2. The number of nitrogens with zero attached hydrogens (tertiary/aromatic N) is 1. The number of carbonyl (C=O) groups excluding carboxylic acids is 3. The zero-order chi connectivity index (χ0) is 18.4. The molecule has 0 radical (unpaired) electrons. The summed E-state index contributed by atoms with van der Waals surface area (Å²) < 4.78 is 10.6. The summed E-state index contributed by atoms with van der Waals surface area (Å²) >= 11 is 1.30. The number of esters is 1. The highest BCUT2D eigenvalue weighted by Crippen LogP contribution is 2.37. The quantitative estimate of drug-likeness (QED) is 0.652. The molecule has 2 amide bonds. The van der Waals surface area contributed by atoms with Gasteiger partial charge in [0.1, 0.15) is 5.00 Å². The van der Waals surface area contributed by atoms with Crippen LogP contribution in [0.15, 0.2) is 24.3 Å². The Labute approximate surface area is 153 Å². The number of benzene rings is 1. The van der Waals surface area contributed by atoms with Crippen molar-refractivity contribution in [2.24, 2.45) is 0 Å². The zero-order valence-corrected chi connectivity index (χ0v) is 14.8. The van der Waals surface area contributed by atoms with Gasteiger partial charge in [0.15, 0.2) is 0 Å². The minimum absolute atomic E-state index is 0.127. The van der Waals surface area contributed by atoms with Gasteiger partial charge in [-0.25, -0.2) is 4.79 Å². The van der Waals surface area contributed by atoms with Crippen LogP contribution in [0.3, 0.4) is 0 Å². The standard InChI is InChI=1S/C18H16N2O5S/c1-24-18(23)14-12-6-9(25-8-13(12)26-15(14)19)7-20-16(21)10-4-2-3-5-11(10)17(20)22/h2-5,9H,6-8,19H2,1H3. The predicted molar refractivity (Wildman–Crippen MR) is 94.2 cm³/mol. The minimum Gasteiger partial charge on any atom is -0.465 e. The van der Waals surface area contributed by atoms with Gasteiger partial charge in [-0.15, -0.1) is 11.3 Å². The summed E-state index contributed by atoms with van der Waals surface area (Å²) in [6.45, 7) is 0.414. The average Bonchev–Trinajstić information content (AvgIpc) is 3.10. The molecule has 2 aliphatic heterocycles. The van der Waals surface area contributed by atoms with Crippen LogP contribution in [-0.4, -0.2) is 42.4 Å². The molecule has 1 aromatic carbocycles. The van der Waals surface area contributed by atoms with Crippen molar-refractivity contribution in [3.8, 4) is 0 Å². The maximum absolute atomic E-state index is 12.5. The topological polar surface area (TPSA) is 98.9 Å². The number of hydrogen-bond acceptors (Lipinski definition) is 7. The third-order valence-electron chi connectivity index (χ3n) is 4.65. The highest BCUT2D eigenvalue weighted by atomic mass is 32.1. The lowest BCUT2D eigenvalue weighted by atomic mass is 10.0. The molecule has 0 saturated heterocycles. The first kappa shape index (κ1) is 16.7. The van der Waals surface area contributed by atoms with Crippen LogP contribution in [0.5, 0.6) is 0 Å². The predicted octanol–water partition coefficient (Wildman–Crippen LogP) is 1.85. The first-order valence-electron chi connectivity index (χ1n) is 8.06. The Hall–Kier alpha value is -2.71. The molecule has 3 heterocycles. The molecule has 26 heavy (non-hydrogen) atoms. The first-order valence-corrected chi connectivity index (χ1v) is 8.88. The molecule has 0 spiro atoms. The molecule has 8 heteroatoms. The van der Waals surface area contributed by atoms with Gasteiger partial charge < -0.3 is 15.2 Å². The van der Waals surface area contributed by atoms with Gasteiger partial charge in [-0.1, -0.05) is 12.1 Å². The second kappa shape index (κ2) is 6.22. The maximum Gasteiger partial charge on any atom is 0.341 e. The van der Waals surface area contributed by atoms with Crippen LogP contribution in [-0.2, 0) is 22.5 Å². The molecule has 1 unspecified atom stereocenters. The Morgan fingerprint density at radius 3 is 2.58 bits per heavy atom. The molecule has 134 valence electrons. The lowest BCUT2D eigenvalue weighted by Crippen LogP contribution is -2.40. The Kier molecular flexibility index (Phi) is 4.01. The lowest BCUT2D eigenvalue weighted by Gasteiger charge is -2.26. The Bertz CT molecular complexity index is 901. The summed E-state index contributed by atoms with van der Waals surface area (Å²) in [4.78, 5) is 39.1. The molecule has 0 bridgehead atoms. The van der Waals surface area contributed by atoms with E-state index in [0.717, 1.165) is 10.4 Å². The Balaban J connectivity index is 1.57. The summed E-state index contributed by atoms with van der Waals surface area (Å²) in [5, 5.41) is 0.395. The molecule has 1 atom stereocenters. The summed E-state index contributed by atoms with van der Waals surface area (Å²) in [5.41, 5.74) is 7.91. The van der Waals surface area contributed by atoms with Crippen molar-refractivity contribution < 1.29 is 23.9 Å². The van der Waals surface area contributed by atoms with Crippen LogP contribution in [0.4, 0.5) is 5.00 Å². The first-order chi connectivity index (χ1) is 12.5. The molecule has 2 aliphatic rings. The van der Waals surface area contributed by atoms with Crippen molar-refractivity contribution in [2.75, 3.05) is 19.4 Å². The molecular weight excluding hydrogens is 356 g/mol. The van der Waals surface area contributed by atoms with Gasteiger partial charge in [-0.05, 0) is 17.7 Å². The van der Waals surface area contributed by atoms with Crippen molar-refractivity contribution >= 4 is 34.1 Å². The molecule has 7 nitrogen and oxygen atoms in total. The van der Waals surface area contributed by atoms with Gasteiger partial charge in [0.2, 0.25) is 0 Å². The number of ether oxygens (including phenoxy) is 2. The van der Waals surface area contributed by atoms with E-state index in [0.29, 0.717) is 28.1 Å². The minimum atomic E-state index is -0.485. The summed E-state index contributed by atoms with van der Waals surface area (Å²) in [6, 6.07) is 6.75. The van der Waals surface area contributed by atoms with Crippen molar-refractivity contribution in [1.29, 1.82) is 0 Å². The molecule has 0 fully saturated rings. The lowest BCUT2D eigenvalue weighted by molar-refractivity contribution is 0.00924. The van der Waals surface area contributed by atoms with E-state index < -0.39 is 12.1 Å². The van der Waals surface area contributed by atoms with Crippen LogP contribution in [0.2, 0.25) is 0 Å². The normalized spacial score (nSPS) is 18.7. The van der Waals surface area contributed by atoms with Gasteiger partial charge in [0, 0.05) is 11.3 Å².